The third-order valence-corrected chi connectivity index (χ3v) is 1.51. The van der Waals surface area contributed by atoms with Gasteiger partial charge in [-0.1, -0.05) is 12.2 Å². The Morgan fingerprint density at radius 2 is 1.79 bits per heavy atom. The molecule has 3 N–H and O–H groups in total. The van der Waals surface area contributed by atoms with Crippen LogP contribution >= 0.6 is 0 Å². The van der Waals surface area contributed by atoms with Gasteiger partial charge in [-0.05, 0) is 0 Å². The van der Waals surface area contributed by atoms with Crippen LogP contribution in [0.15, 0.2) is 25.3 Å². The van der Waals surface area contributed by atoms with Gasteiger partial charge in [0.1, 0.15) is 0 Å². The van der Waals surface area contributed by atoms with E-state index in [9.17, 15) is 9.59 Å². The number of nitrogens with two attached hydrogens (primary N) is 1. The number of primary amides is 1. The Morgan fingerprint density at radius 1 is 1.36 bits per heavy atom. The van der Waals surface area contributed by atoms with Crippen molar-refractivity contribution in [3.05, 3.63) is 25.3 Å². The second-order valence-corrected chi connectivity index (χ2v) is 2.63. The zero-order valence-corrected chi connectivity index (χ0v) is 7.85. The van der Waals surface area contributed by atoms with Crippen molar-refractivity contribution in [1.29, 1.82) is 0 Å². The fourth-order valence-electron chi connectivity index (χ4n) is 0.861. The van der Waals surface area contributed by atoms with E-state index in [0.29, 0.717) is 0 Å². The molecule has 0 rings (SSSR count). The number of amides is 2. The summed E-state index contributed by atoms with van der Waals surface area (Å²) in [6, 6.07) is 0. The van der Waals surface area contributed by atoms with Crippen LogP contribution in [0.1, 0.15) is 0 Å². The number of hydrogen-bond acceptors (Lipinski definition) is 3. The Morgan fingerprint density at radius 3 is 2.07 bits per heavy atom. The van der Waals surface area contributed by atoms with Crippen LogP contribution in [0.25, 0.3) is 0 Å². The maximum absolute atomic E-state index is 11.3. The maximum atomic E-state index is 11.3. The van der Waals surface area contributed by atoms with Crippen molar-refractivity contribution < 1.29 is 14.7 Å². The number of hydrogen-bond donors (Lipinski definition) is 2. The fourth-order valence-corrected chi connectivity index (χ4v) is 0.861. The van der Waals surface area contributed by atoms with Crippen LogP contribution in [-0.2, 0) is 9.59 Å². The maximum Gasteiger partial charge on any atom is 0.261 e. The third-order valence-electron chi connectivity index (χ3n) is 1.51. The van der Waals surface area contributed by atoms with Gasteiger partial charge in [0.15, 0.2) is 0 Å². The van der Waals surface area contributed by atoms with E-state index in [1.807, 2.05) is 0 Å². The number of carbonyl (C=O) groups is 2. The van der Waals surface area contributed by atoms with Crippen molar-refractivity contribution in [3.8, 4) is 0 Å². The van der Waals surface area contributed by atoms with E-state index < -0.39 is 17.9 Å². The fraction of sp³-hybridized carbons (Fsp3) is 0.333. The predicted molar refractivity (Wildman–Crippen MR) is 52.2 cm³/mol. The van der Waals surface area contributed by atoms with Crippen LogP contribution in [0.5, 0.6) is 0 Å². The average molecular weight is 198 g/mol. The van der Waals surface area contributed by atoms with Crippen molar-refractivity contribution in [2.45, 2.75) is 6.10 Å². The summed E-state index contributed by atoms with van der Waals surface area (Å²) < 4.78 is 0. The molecule has 0 saturated carbocycles. The summed E-state index contributed by atoms with van der Waals surface area (Å²) in [5, 5.41) is 9.08. The van der Waals surface area contributed by atoms with E-state index >= 15 is 0 Å². The number of aliphatic hydroxyl groups is 1. The molecule has 1 atom stereocenters. The summed E-state index contributed by atoms with van der Waals surface area (Å²) in [5.74, 6) is -1.80. The molecule has 2 amide bonds. The minimum Gasteiger partial charge on any atom is -0.375 e. The van der Waals surface area contributed by atoms with Gasteiger partial charge in [-0.25, -0.2) is 0 Å². The quantitative estimate of drug-likeness (QED) is 0.425. The summed E-state index contributed by atoms with van der Waals surface area (Å²) in [6.45, 7) is 7.35. The predicted octanol–water partition coefficient (Wildman–Crippen LogP) is -0.967. The summed E-state index contributed by atoms with van der Waals surface area (Å²) in [5.41, 5.74) is 4.78. The lowest BCUT2D eigenvalue weighted by Crippen LogP contribution is -2.45. The molecule has 0 aromatic carbocycles. The first kappa shape index (κ1) is 12.4. The molecule has 0 spiro atoms. The van der Waals surface area contributed by atoms with E-state index in [4.69, 9.17) is 10.8 Å². The second kappa shape index (κ2) is 5.93. The first-order valence-corrected chi connectivity index (χ1v) is 4.02. The average Bonchev–Trinajstić information content (AvgIpc) is 2.15. The van der Waals surface area contributed by atoms with Crippen LogP contribution in [0.3, 0.4) is 0 Å². The second-order valence-electron chi connectivity index (χ2n) is 2.63. The van der Waals surface area contributed by atoms with Gasteiger partial charge >= 0.3 is 0 Å². The normalized spacial score (nSPS) is 11.5. The van der Waals surface area contributed by atoms with E-state index in [0.717, 1.165) is 0 Å². The van der Waals surface area contributed by atoms with Crippen molar-refractivity contribution >= 4 is 11.8 Å². The highest BCUT2D eigenvalue weighted by atomic mass is 16.3. The molecule has 0 aromatic heterocycles. The Balaban J connectivity index is 4.48. The topological polar surface area (TPSA) is 83.6 Å². The van der Waals surface area contributed by atoms with Crippen molar-refractivity contribution in [1.82, 2.24) is 4.90 Å². The van der Waals surface area contributed by atoms with Crippen LogP contribution in [0.4, 0.5) is 0 Å². The smallest absolute Gasteiger partial charge is 0.261 e. The van der Waals surface area contributed by atoms with Crippen molar-refractivity contribution in [2.24, 2.45) is 5.73 Å². The molecule has 5 nitrogen and oxygen atoms in total. The molecule has 0 saturated heterocycles. The van der Waals surface area contributed by atoms with Gasteiger partial charge in [-0.3, -0.25) is 9.59 Å². The van der Waals surface area contributed by atoms with E-state index in [1.165, 1.54) is 17.1 Å². The van der Waals surface area contributed by atoms with Gasteiger partial charge in [-0.15, -0.1) is 13.2 Å². The van der Waals surface area contributed by atoms with Crippen LogP contribution in [0.2, 0.25) is 0 Å². The lowest BCUT2D eigenvalue weighted by molar-refractivity contribution is -0.145. The lowest BCUT2D eigenvalue weighted by Gasteiger charge is -2.20. The molecular weight excluding hydrogens is 184 g/mol. The van der Waals surface area contributed by atoms with E-state index in [2.05, 4.69) is 13.2 Å². The van der Waals surface area contributed by atoms with Gasteiger partial charge in [0.25, 0.3) is 11.8 Å². The Kier molecular flexibility index (Phi) is 5.24. The molecule has 5 heteroatoms. The Hall–Kier alpha value is -1.62. The Bertz CT molecular complexity index is 240. The zero-order valence-electron chi connectivity index (χ0n) is 7.85. The Labute approximate surface area is 82.5 Å². The van der Waals surface area contributed by atoms with Gasteiger partial charge < -0.3 is 15.7 Å². The number of rotatable bonds is 6. The molecule has 0 aliphatic heterocycles. The molecule has 0 aromatic rings. The molecule has 1 unspecified atom stereocenters. The molecule has 0 radical (unpaired) electrons. The molecule has 0 bridgehead atoms. The van der Waals surface area contributed by atoms with Crippen molar-refractivity contribution in [3.63, 3.8) is 0 Å². The van der Waals surface area contributed by atoms with Crippen LogP contribution in [0, 0.1) is 0 Å². The SMILES string of the molecule is C=CCN(CC=C)C(=O)C(O)C(N)=O. The number of aliphatic hydroxyl groups excluding tert-OH is 1. The van der Waals surface area contributed by atoms with Crippen molar-refractivity contribution in [2.75, 3.05) is 13.1 Å². The highest BCUT2D eigenvalue weighted by Gasteiger charge is 2.25. The highest BCUT2D eigenvalue weighted by Crippen LogP contribution is 1.96. The summed E-state index contributed by atoms with van der Waals surface area (Å²) >= 11 is 0. The minimum absolute atomic E-state index is 0.231. The monoisotopic (exact) mass is 198 g/mol. The van der Waals surface area contributed by atoms with Crippen LogP contribution in [-0.4, -0.2) is 41.0 Å². The van der Waals surface area contributed by atoms with Gasteiger partial charge in [0.05, 0.1) is 0 Å². The summed E-state index contributed by atoms with van der Waals surface area (Å²) in [6.07, 6.45) is 1.17. The first-order chi connectivity index (χ1) is 6.54. The van der Waals surface area contributed by atoms with Crippen LogP contribution < -0.4 is 5.73 Å². The number of carbonyl (C=O) groups excluding carboxylic acids is 2. The zero-order chi connectivity index (χ0) is 11.1. The molecule has 14 heavy (non-hydrogen) atoms. The lowest BCUT2D eigenvalue weighted by atomic mass is 10.3. The van der Waals surface area contributed by atoms with Gasteiger partial charge in [0.2, 0.25) is 6.10 Å². The molecule has 0 aliphatic carbocycles. The third kappa shape index (κ3) is 3.40. The standard InChI is InChI=1S/C9H14N2O3/c1-3-5-11(6-4-2)9(14)7(12)8(10)13/h3-4,7,12H,1-2,5-6H2,(H2,10,13). The van der Waals surface area contributed by atoms with Gasteiger partial charge in [-0.2, -0.15) is 0 Å². The number of nitrogens with zero attached hydrogens (tertiary/aromatic N) is 1. The molecule has 0 heterocycles. The molecule has 78 valence electrons. The molecule has 0 aliphatic rings. The van der Waals surface area contributed by atoms with Gasteiger partial charge in [0, 0.05) is 13.1 Å². The highest BCUT2D eigenvalue weighted by molar-refractivity contribution is 6.02. The summed E-state index contributed by atoms with van der Waals surface area (Å²) in [7, 11) is 0. The molecular formula is C9H14N2O3. The molecule has 0 fully saturated rings. The first-order valence-electron chi connectivity index (χ1n) is 4.02. The largest absolute Gasteiger partial charge is 0.375 e. The summed E-state index contributed by atoms with van der Waals surface area (Å²) in [4.78, 5) is 23.1. The minimum atomic E-state index is -1.80. The van der Waals surface area contributed by atoms with E-state index in [1.54, 1.807) is 0 Å². The van der Waals surface area contributed by atoms with E-state index in [-0.39, 0.29) is 13.1 Å².